The second-order valence-corrected chi connectivity index (χ2v) is 3.81. The monoisotopic (exact) mass is 244 g/mol. The molecule has 0 rings (SSSR count). The van der Waals surface area contributed by atoms with Crippen molar-refractivity contribution in [3.05, 3.63) is 0 Å². The fourth-order valence-corrected chi connectivity index (χ4v) is 0.956. The zero-order valence-electron chi connectivity index (χ0n) is 9.31. The van der Waals surface area contributed by atoms with Crippen molar-refractivity contribution >= 4 is 5.78 Å². The SMILES string of the molecule is CCC(C)CC(=O)COCC(F)(F)C(F)F. The van der Waals surface area contributed by atoms with Crippen molar-refractivity contribution in [3.8, 4) is 0 Å². The van der Waals surface area contributed by atoms with Gasteiger partial charge in [-0.05, 0) is 5.92 Å². The molecular formula is C10H16F4O2. The minimum atomic E-state index is -4.18. The topological polar surface area (TPSA) is 26.3 Å². The van der Waals surface area contributed by atoms with Gasteiger partial charge in [-0.1, -0.05) is 20.3 Å². The number of Topliss-reactive ketones (excluding diaryl/α,β-unsaturated/α-hetero) is 1. The molecule has 0 saturated carbocycles. The summed E-state index contributed by atoms with van der Waals surface area (Å²) in [6.07, 6.45) is -2.76. The standard InChI is InChI=1S/C10H16F4O2/c1-3-7(2)4-8(15)5-16-6-10(13,14)9(11)12/h7,9H,3-6H2,1-2H3. The summed E-state index contributed by atoms with van der Waals surface area (Å²) in [5, 5.41) is 0. The summed E-state index contributed by atoms with van der Waals surface area (Å²) in [6, 6.07) is 0. The summed E-state index contributed by atoms with van der Waals surface area (Å²) >= 11 is 0. The third-order valence-corrected chi connectivity index (χ3v) is 2.15. The number of rotatable bonds is 8. The van der Waals surface area contributed by atoms with Crippen LogP contribution in [0.2, 0.25) is 0 Å². The van der Waals surface area contributed by atoms with E-state index in [1.54, 1.807) is 0 Å². The van der Waals surface area contributed by atoms with Crippen LogP contribution in [0.5, 0.6) is 0 Å². The summed E-state index contributed by atoms with van der Waals surface area (Å²) in [5.74, 6) is -4.39. The second-order valence-electron chi connectivity index (χ2n) is 3.81. The van der Waals surface area contributed by atoms with E-state index in [9.17, 15) is 22.4 Å². The van der Waals surface area contributed by atoms with Crippen molar-refractivity contribution in [1.82, 2.24) is 0 Å². The molecule has 0 spiro atoms. The number of halogens is 4. The summed E-state index contributed by atoms with van der Waals surface area (Å²) in [4.78, 5) is 11.1. The highest BCUT2D eigenvalue weighted by Gasteiger charge is 2.41. The van der Waals surface area contributed by atoms with Crippen molar-refractivity contribution in [3.63, 3.8) is 0 Å². The average molecular weight is 244 g/mol. The first kappa shape index (κ1) is 15.3. The van der Waals surface area contributed by atoms with E-state index in [4.69, 9.17) is 0 Å². The van der Waals surface area contributed by atoms with Crippen LogP contribution in [0.4, 0.5) is 17.6 Å². The van der Waals surface area contributed by atoms with Gasteiger partial charge in [-0.2, -0.15) is 8.78 Å². The molecule has 0 bridgehead atoms. The molecule has 0 aromatic heterocycles. The molecular weight excluding hydrogens is 228 g/mol. The van der Waals surface area contributed by atoms with Gasteiger partial charge in [0.15, 0.2) is 5.78 Å². The molecule has 6 heteroatoms. The molecule has 2 nitrogen and oxygen atoms in total. The summed E-state index contributed by atoms with van der Waals surface area (Å²) in [5.41, 5.74) is 0. The third kappa shape index (κ3) is 6.05. The molecule has 1 unspecified atom stereocenters. The molecule has 0 amide bonds. The Morgan fingerprint density at radius 2 is 1.94 bits per heavy atom. The average Bonchev–Trinajstić information content (AvgIpc) is 2.16. The summed E-state index contributed by atoms with van der Waals surface area (Å²) < 4.78 is 52.3. The maximum Gasteiger partial charge on any atom is 0.330 e. The van der Waals surface area contributed by atoms with E-state index in [-0.39, 0.29) is 18.1 Å². The van der Waals surface area contributed by atoms with Crippen LogP contribution in [0.3, 0.4) is 0 Å². The second kappa shape index (κ2) is 6.83. The largest absolute Gasteiger partial charge is 0.367 e. The Balaban J connectivity index is 3.78. The van der Waals surface area contributed by atoms with Gasteiger partial charge in [0.25, 0.3) is 0 Å². The number of ether oxygens (including phenoxy) is 1. The number of alkyl halides is 4. The van der Waals surface area contributed by atoms with Gasteiger partial charge in [-0.15, -0.1) is 0 Å². The van der Waals surface area contributed by atoms with E-state index >= 15 is 0 Å². The first-order chi connectivity index (χ1) is 7.29. The molecule has 0 saturated heterocycles. The van der Waals surface area contributed by atoms with E-state index in [2.05, 4.69) is 4.74 Å². The minimum absolute atomic E-state index is 0.145. The molecule has 1 atom stereocenters. The number of carbonyl (C=O) groups excluding carboxylic acids is 1. The normalized spacial score (nSPS) is 14.2. The van der Waals surface area contributed by atoms with Gasteiger partial charge in [0.1, 0.15) is 13.2 Å². The Labute approximate surface area is 92.0 Å². The van der Waals surface area contributed by atoms with E-state index in [0.29, 0.717) is 0 Å². The van der Waals surface area contributed by atoms with Crippen LogP contribution in [0, 0.1) is 5.92 Å². The lowest BCUT2D eigenvalue weighted by Gasteiger charge is -2.15. The van der Waals surface area contributed by atoms with Crippen molar-refractivity contribution in [2.24, 2.45) is 5.92 Å². The van der Waals surface area contributed by atoms with E-state index in [1.807, 2.05) is 13.8 Å². The lowest BCUT2D eigenvalue weighted by molar-refractivity contribution is -0.168. The first-order valence-corrected chi connectivity index (χ1v) is 5.05. The molecule has 0 aliphatic rings. The number of hydrogen-bond donors (Lipinski definition) is 0. The van der Waals surface area contributed by atoms with Crippen LogP contribution in [0.25, 0.3) is 0 Å². The molecule has 0 aromatic carbocycles. The van der Waals surface area contributed by atoms with Gasteiger partial charge in [0.2, 0.25) is 0 Å². The minimum Gasteiger partial charge on any atom is -0.367 e. The first-order valence-electron chi connectivity index (χ1n) is 5.05. The van der Waals surface area contributed by atoms with E-state index in [0.717, 1.165) is 6.42 Å². The fraction of sp³-hybridized carbons (Fsp3) is 0.900. The number of carbonyl (C=O) groups is 1. The Hall–Kier alpha value is -0.650. The molecule has 0 aromatic rings. The molecule has 0 aliphatic carbocycles. The van der Waals surface area contributed by atoms with Crippen molar-refractivity contribution in [2.45, 2.75) is 39.0 Å². The number of hydrogen-bond acceptors (Lipinski definition) is 2. The quantitative estimate of drug-likeness (QED) is 0.614. The van der Waals surface area contributed by atoms with Gasteiger partial charge in [-0.25, -0.2) is 8.78 Å². The van der Waals surface area contributed by atoms with E-state index in [1.165, 1.54) is 0 Å². The smallest absolute Gasteiger partial charge is 0.330 e. The van der Waals surface area contributed by atoms with Crippen LogP contribution < -0.4 is 0 Å². The maximum absolute atomic E-state index is 12.3. The number of ketones is 1. The lowest BCUT2D eigenvalue weighted by Crippen LogP contribution is -2.33. The molecule has 0 radical (unpaired) electrons. The van der Waals surface area contributed by atoms with Crippen LogP contribution >= 0.6 is 0 Å². The Morgan fingerprint density at radius 1 is 1.38 bits per heavy atom. The van der Waals surface area contributed by atoms with Crippen molar-refractivity contribution in [1.29, 1.82) is 0 Å². The Morgan fingerprint density at radius 3 is 2.38 bits per heavy atom. The van der Waals surface area contributed by atoms with Gasteiger partial charge in [0, 0.05) is 6.42 Å². The zero-order valence-corrected chi connectivity index (χ0v) is 9.31. The highest BCUT2D eigenvalue weighted by atomic mass is 19.3. The molecule has 0 heterocycles. The predicted molar refractivity (Wildman–Crippen MR) is 50.8 cm³/mol. The van der Waals surface area contributed by atoms with Crippen LogP contribution in [0.15, 0.2) is 0 Å². The molecule has 0 aliphatic heterocycles. The van der Waals surface area contributed by atoms with Crippen LogP contribution in [0.1, 0.15) is 26.7 Å². The van der Waals surface area contributed by atoms with Crippen molar-refractivity contribution in [2.75, 3.05) is 13.2 Å². The Bertz CT molecular complexity index is 219. The molecule has 0 fully saturated rings. The van der Waals surface area contributed by atoms with Gasteiger partial charge in [-0.3, -0.25) is 4.79 Å². The lowest BCUT2D eigenvalue weighted by atomic mass is 10.0. The highest BCUT2D eigenvalue weighted by Crippen LogP contribution is 2.22. The van der Waals surface area contributed by atoms with Crippen LogP contribution in [-0.4, -0.2) is 31.3 Å². The van der Waals surface area contributed by atoms with Gasteiger partial charge in [0.05, 0.1) is 0 Å². The summed E-state index contributed by atoms with van der Waals surface area (Å²) in [6.45, 7) is 1.78. The van der Waals surface area contributed by atoms with Gasteiger partial charge < -0.3 is 4.74 Å². The molecule has 0 N–H and O–H groups in total. The maximum atomic E-state index is 12.3. The third-order valence-electron chi connectivity index (χ3n) is 2.15. The summed E-state index contributed by atoms with van der Waals surface area (Å²) in [7, 11) is 0. The van der Waals surface area contributed by atoms with Gasteiger partial charge >= 0.3 is 12.3 Å². The van der Waals surface area contributed by atoms with E-state index < -0.39 is 25.6 Å². The zero-order chi connectivity index (χ0) is 12.8. The highest BCUT2D eigenvalue weighted by molar-refractivity contribution is 5.79. The molecule has 96 valence electrons. The Kier molecular flexibility index (Phi) is 6.55. The molecule has 16 heavy (non-hydrogen) atoms. The van der Waals surface area contributed by atoms with Crippen molar-refractivity contribution < 1.29 is 27.1 Å². The predicted octanol–water partition coefficient (Wildman–Crippen LogP) is 2.91. The van der Waals surface area contributed by atoms with Crippen LogP contribution in [-0.2, 0) is 9.53 Å². The fourth-order valence-electron chi connectivity index (χ4n) is 0.956.